The number of hydrogen-bond acceptors (Lipinski definition) is 2. The zero-order chi connectivity index (χ0) is 5.11. The Kier molecular flexibility index (Phi) is 1.32. The molecule has 0 atom stereocenters. The van der Waals surface area contributed by atoms with Crippen molar-refractivity contribution in [3.05, 3.63) is 17.5 Å². The maximum absolute atomic E-state index is 2.99. The van der Waals surface area contributed by atoms with Gasteiger partial charge in [0.05, 0.1) is 5.00 Å². The molecule has 1 rings (SSSR count). The Morgan fingerprint density at radius 1 is 1.86 bits per heavy atom. The Morgan fingerprint density at radius 2 is 2.71 bits per heavy atom. The van der Waals surface area contributed by atoms with Crippen LogP contribution in [0.1, 0.15) is 0 Å². The van der Waals surface area contributed by atoms with Crippen molar-refractivity contribution in [1.29, 1.82) is 0 Å². The molecular formula is C5H6NS. The minimum atomic E-state index is 1.10. The Bertz CT molecular complexity index is 123. The van der Waals surface area contributed by atoms with Crippen LogP contribution in [0.5, 0.6) is 0 Å². The normalized spacial score (nSPS) is 8.71. The first-order valence-corrected chi connectivity index (χ1v) is 2.94. The third-order valence-corrected chi connectivity index (χ3v) is 1.53. The molecule has 0 saturated carbocycles. The molecule has 0 amide bonds. The summed E-state index contributed by atoms with van der Waals surface area (Å²) in [6.45, 7) is 0. The highest BCUT2D eigenvalue weighted by molar-refractivity contribution is 7.14. The van der Waals surface area contributed by atoms with Crippen molar-refractivity contribution in [3.8, 4) is 0 Å². The average Bonchev–Trinajstić information content (AvgIpc) is 2.14. The molecule has 0 aliphatic rings. The van der Waals surface area contributed by atoms with E-state index in [-0.39, 0.29) is 0 Å². The summed E-state index contributed by atoms with van der Waals surface area (Å²) >= 11 is 1.66. The second-order valence-electron chi connectivity index (χ2n) is 1.14. The molecule has 1 N–H and O–H groups in total. The standard InChI is InChI=1S/C5H6NS/c1-6-5-3-2-4-7-5/h2,4,6H,1H3. The van der Waals surface area contributed by atoms with Gasteiger partial charge in [-0.3, -0.25) is 0 Å². The fourth-order valence-corrected chi connectivity index (χ4v) is 0.903. The fraction of sp³-hybridized carbons (Fsp3) is 0.200. The van der Waals surface area contributed by atoms with E-state index in [1.165, 1.54) is 0 Å². The first-order valence-electron chi connectivity index (χ1n) is 2.06. The number of hydrogen-bond donors (Lipinski definition) is 1. The van der Waals surface area contributed by atoms with Gasteiger partial charge < -0.3 is 5.32 Å². The fourth-order valence-electron chi connectivity index (χ4n) is 0.377. The predicted molar refractivity (Wildman–Crippen MR) is 32.7 cm³/mol. The van der Waals surface area contributed by atoms with Gasteiger partial charge in [0.1, 0.15) is 0 Å². The summed E-state index contributed by atoms with van der Waals surface area (Å²) in [6, 6.07) is 4.89. The van der Waals surface area contributed by atoms with Crippen LogP contribution in [0.3, 0.4) is 0 Å². The van der Waals surface area contributed by atoms with Crippen LogP contribution in [0.2, 0.25) is 0 Å². The van der Waals surface area contributed by atoms with Gasteiger partial charge in [-0.2, -0.15) is 0 Å². The second-order valence-corrected chi connectivity index (χ2v) is 2.06. The van der Waals surface area contributed by atoms with Gasteiger partial charge in [0.2, 0.25) is 0 Å². The molecule has 0 saturated heterocycles. The molecular weight excluding hydrogens is 106 g/mol. The van der Waals surface area contributed by atoms with Crippen molar-refractivity contribution in [2.24, 2.45) is 0 Å². The Labute approximate surface area is 47.0 Å². The van der Waals surface area contributed by atoms with E-state index >= 15 is 0 Å². The molecule has 1 aromatic rings. The molecule has 0 unspecified atom stereocenters. The highest BCUT2D eigenvalue weighted by Crippen LogP contribution is 2.11. The first-order chi connectivity index (χ1) is 3.43. The minimum absolute atomic E-state index is 1.10. The largest absolute Gasteiger partial charge is 0.379 e. The lowest BCUT2D eigenvalue weighted by Gasteiger charge is -1.85. The summed E-state index contributed by atoms with van der Waals surface area (Å²) in [5, 5.41) is 6.06. The lowest BCUT2D eigenvalue weighted by molar-refractivity contribution is 1.59. The third kappa shape index (κ3) is 0.933. The number of rotatable bonds is 1. The van der Waals surface area contributed by atoms with E-state index < -0.39 is 0 Å². The lowest BCUT2D eigenvalue weighted by atomic mass is 10.6. The summed E-state index contributed by atoms with van der Waals surface area (Å²) in [6.07, 6.45) is 0. The van der Waals surface area contributed by atoms with E-state index in [0.29, 0.717) is 0 Å². The second kappa shape index (κ2) is 1.98. The number of thiophene rings is 1. The molecule has 0 bridgehead atoms. The van der Waals surface area contributed by atoms with Gasteiger partial charge in [-0.25, -0.2) is 0 Å². The van der Waals surface area contributed by atoms with Gasteiger partial charge in [-0.15, -0.1) is 11.3 Å². The molecule has 0 spiro atoms. The highest BCUT2D eigenvalue weighted by Gasteiger charge is 1.81. The maximum atomic E-state index is 2.99. The van der Waals surface area contributed by atoms with Crippen molar-refractivity contribution in [1.82, 2.24) is 0 Å². The van der Waals surface area contributed by atoms with Crippen molar-refractivity contribution < 1.29 is 0 Å². The van der Waals surface area contributed by atoms with Crippen molar-refractivity contribution >= 4 is 16.3 Å². The van der Waals surface area contributed by atoms with Crippen LogP contribution in [0.4, 0.5) is 5.00 Å². The van der Waals surface area contributed by atoms with E-state index in [9.17, 15) is 0 Å². The van der Waals surface area contributed by atoms with E-state index in [1.807, 2.05) is 18.5 Å². The summed E-state index contributed by atoms with van der Waals surface area (Å²) in [5.41, 5.74) is 0. The first kappa shape index (κ1) is 4.65. The molecule has 0 aromatic carbocycles. The molecule has 0 fully saturated rings. The number of nitrogens with one attached hydrogen (secondary N) is 1. The van der Waals surface area contributed by atoms with Gasteiger partial charge in [-0.05, 0) is 11.4 Å². The molecule has 1 heterocycles. The quantitative estimate of drug-likeness (QED) is 0.581. The summed E-state index contributed by atoms with van der Waals surface area (Å²) in [7, 11) is 1.89. The monoisotopic (exact) mass is 112 g/mol. The lowest BCUT2D eigenvalue weighted by Crippen LogP contribution is -1.80. The maximum Gasteiger partial charge on any atom is 0.0960 e. The molecule has 0 aliphatic carbocycles. The minimum Gasteiger partial charge on any atom is -0.379 e. The Morgan fingerprint density at radius 3 is 3.00 bits per heavy atom. The molecule has 37 valence electrons. The van der Waals surface area contributed by atoms with Gasteiger partial charge in [-0.1, -0.05) is 0 Å². The molecule has 2 heteroatoms. The van der Waals surface area contributed by atoms with Crippen LogP contribution in [-0.2, 0) is 0 Å². The van der Waals surface area contributed by atoms with Crippen LogP contribution in [-0.4, -0.2) is 7.05 Å². The van der Waals surface area contributed by atoms with Gasteiger partial charge in [0.25, 0.3) is 0 Å². The zero-order valence-electron chi connectivity index (χ0n) is 4.06. The van der Waals surface area contributed by atoms with Crippen LogP contribution in [0.15, 0.2) is 11.4 Å². The van der Waals surface area contributed by atoms with Crippen LogP contribution in [0, 0.1) is 6.07 Å². The summed E-state index contributed by atoms with van der Waals surface area (Å²) in [4.78, 5) is 0. The third-order valence-electron chi connectivity index (χ3n) is 0.695. The van der Waals surface area contributed by atoms with Gasteiger partial charge >= 0.3 is 0 Å². The van der Waals surface area contributed by atoms with Crippen LogP contribution in [0.25, 0.3) is 0 Å². The molecule has 0 aliphatic heterocycles. The van der Waals surface area contributed by atoms with Gasteiger partial charge in [0.15, 0.2) is 0 Å². The molecule has 1 nitrogen and oxygen atoms in total. The molecule has 7 heavy (non-hydrogen) atoms. The smallest absolute Gasteiger partial charge is 0.0960 e. The predicted octanol–water partition coefficient (Wildman–Crippen LogP) is 1.59. The zero-order valence-corrected chi connectivity index (χ0v) is 4.88. The SMILES string of the molecule is CNc1[c]ccs1. The van der Waals surface area contributed by atoms with Crippen molar-refractivity contribution in [3.63, 3.8) is 0 Å². The topological polar surface area (TPSA) is 12.0 Å². The summed E-state index contributed by atoms with van der Waals surface area (Å²) < 4.78 is 0. The van der Waals surface area contributed by atoms with Crippen LogP contribution < -0.4 is 5.32 Å². The van der Waals surface area contributed by atoms with Crippen molar-refractivity contribution in [2.75, 3.05) is 12.4 Å². The van der Waals surface area contributed by atoms with E-state index in [4.69, 9.17) is 0 Å². The van der Waals surface area contributed by atoms with Crippen molar-refractivity contribution in [2.45, 2.75) is 0 Å². The Hall–Kier alpha value is -0.500. The van der Waals surface area contributed by atoms with Crippen LogP contribution >= 0.6 is 11.3 Å². The Balaban J connectivity index is 2.76. The number of anilines is 1. The van der Waals surface area contributed by atoms with E-state index in [2.05, 4.69) is 11.4 Å². The highest BCUT2D eigenvalue weighted by atomic mass is 32.1. The summed E-state index contributed by atoms with van der Waals surface area (Å²) in [5.74, 6) is 0. The van der Waals surface area contributed by atoms with Gasteiger partial charge in [0, 0.05) is 13.1 Å². The average molecular weight is 112 g/mol. The van der Waals surface area contributed by atoms with E-state index in [0.717, 1.165) is 5.00 Å². The molecule has 1 aromatic heterocycles. The molecule has 1 radical (unpaired) electrons. The van der Waals surface area contributed by atoms with E-state index in [1.54, 1.807) is 11.3 Å².